The summed E-state index contributed by atoms with van der Waals surface area (Å²) >= 11 is 0. The van der Waals surface area contributed by atoms with Crippen LogP contribution in [0.5, 0.6) is 0 Å². The number of nitriles is 2. The Bertz CT molecular complexity index is 1130. The maximum atomic E-state index is 11.3. The van der Waals surface area contributed by atoms with Crippen LogP contribution in [0.3, 0.4) is 0 Å². The molecule has 0 aromatic heterocycles. The Hall–Kier alpha value is -5.03. The normalized spacial score (nSPS) is 8.58. The predicted octanol–water partition coefficient (Wildman–Crippen LogP) is 2.74. The number of benzene rings is 2. The van der Waals surface area contributed by atoms with E-state index in [1.165, 1.54) is 6.08 Å². The van der Waals surface area contributed by atoms with Gasteiger partial charge in [0.2, 0.25) is 6.08 Å². The topological polar surface area (TPSA) is 188 Å². The standard InChI is InChI=1S/C12H12N2O4.C8H4N2O.C4H8O3/c1-2-17-11(15)8-18-12(16)14-10-6-4-3-5-9(10)7-13;9-5-7-3-1-2-4-8(7)10-6-11;1-2-7-4(6)3-5/h3-6H,2,8H2,1H3,(H,14,16);1-4H;5H,2-3H2,1H3. The Morgan fingerprint density at radius 2 is 1.44 bits per heavy atom. The van der Waals surface area contributed by atoms with E-state index >= 15 is 0 Å². The fourth-order valence-electron chi connectivity index (χ4n) is 2.08. The summed E-state index contributed by atoms with van der Waals surface area (Å²) in [7, 11) is 0. The number of carbonyl (C=O) groups excluding carboxylic acids is 4. The molecule has 2 rings (SSSR count). The van der Waals surface area contributed by atoms with Gasteiger partial charge in [0.1, 0.15) is 18.7 Å². The first kappa shape index (κ1) is 31.0. The number of hydrogen-bond donors (Lipinski definition) is 2. The van der Waals surface area contributed by atoms with Gasteiger partial charge in [0.05, 0.1) is 35.7 Å². The average Bonchev–Trinajstić information content (AvgIpc) is 2.89. The summed E-state index contributed by atoms with van der Waals surface area (Å²) in [5.74, 6) is -1.19. The van der Waals surface area contributed by atoms with Crippen molar-refractivity contribution in [3.8, 4) is 12.1 Å². The van der Waals surface area contributed by atoms with E-state index in [4.69, 9.17) is 15.6 Å². The van der Waals surface area contributed by atoms with Crippen LogP contribution in [-0.2, 0) is 28.6 Å². The Kier molecular flexibility index (Phi) is 16.7. The molecule has 0 bridgehead atoms. The predicted molar refractivity (Wildman–Crippen MR) is 125 cm³/mol. The Balaban J connectivity index is 0.000000576. The molecule has 2 aromatic carbocycles. The quantitative estimate of drug-likeness (QED) is 0.249. The molecule has 0 aliphatic heterocycles. The Morgan fingerprint density at radius 1 is 0.889 bits per heavy atom. The summed E-state index contributed by atoms with van der Waals surface area (Å²) in [6, 6.07) is 16.9. The fourth-order valence-corrected chi connectivity index (χ4v) is 2.08. The molecule has 0 aliphatic carbocycles. The fraction of sp³-hybridized carbons (Fsp3) is 0.250. The number of nitrogens with one attached hydrogen (secondary N) is 1. The molecule has 188 valence electrons. The van der Waals surface area contributed by atoms with Crippen molar-refractivity contribution >= 4 is 35.5 Å². The van der Waals surface area contributed by atoms with Gasteiger partial charge in [0.25, 0.3) is 0 Å². The first-order valence-electron chi connectivity index (χ1n) is 10.3. The van der Waals surface area contributed by atoms with Gasteiger partial charge < -0.3 is 19.3 Å². The van der Waals surface area contributed by atoms with Crippen LogP contribution < -0.4 is 5.32 Å². The van der Waals surface area contributed by atoms with Crippen molar-refractivity contribution in [1.82, 2.24) is 0 Å². The number of isocyanates is 1. The number of aliphatic hydroxyl groups is 1. The zero-order valence-corrected chi connectivity index (χ0v) is 19.6. The zero-order valence-electron chi connectivity index (χ0n) is 19.6. The van der Waals surface area contributed by atoms with E-state index in [2.05, 4.69) is 24.5 Å². The molecule has 0 heterocycles. The SMILES string of the molecule is CCOC(=O)CO.CCOC(=O)COC(=O)Nc1ccccc1C#N.N#Cc1ccccc1N=C=O. The van der Waals surface area contributed by atoms with Gasteiger partial charge >= 0.3 is 18.0 Å². The van der Waals surface area contributed by atoms with E-state index in [-0.39, 0.29) is 6.61 Å². The van der Waals surface area contributed by atoms with Gasteiger partial charge in [-0.1, -0.05) is 24.3 Å². The van der Waals surface area contributed by atoms with Crippen molar-refractivity contribution in [3.63, 3.8) is 0 Å². The first-order valence-corrected chi connectivity index (χ1v) is 10.3. The maximum Gasteiger partial charge on any atom is 0.412 e. The summed E-state index contributed by atoms with van der Waals surface area (Å²) in [6.07, 6.45) is 0.568. The molecule has 0 atom stereocenters. The van der Waals surface area contributed by atoms with Crippen molar-refractivity contribution in [2.45, 2.75) is 13.8 Å². The largest absolute Gasteiger partial charge is 0.464 e. The molecule has 2 aromatic rings. The molecule has 12 heteroatoms. The highest BCUT2D eigenvalue weighted by atomic mass is 16.6. The van der Waals surface area contributed by atoms with Crippen LogP contribution >= 0.6 is 0 Å². The molecule has 36 heavy (non-hydrogen) atoms. The second-order valence-electron chi connectivity index (χ2n) is 5.96. The molecule has 12 nitrogen and oxygen atoms in total. The van der Waals surface area contributed by atoms with Gasteiger partial charge in [-0.05, 0) is 38.1 Å². The number of para-hydroxylation sites is 2. The molecule has 1 amide bonds. The number of amides is 1. The number of nitrogens with zero attached hydrogens (tertiary/aromatic N) is 3. The van der Waals surface area contributed by atoms with E-state index in [9.17, 15) is 19.2 Å². The molecule has 0 saturated carbocycles. The maximum absolute atomic E-state index is 11.3. The molecule has 0 saturated heterocycles. The number of aliphatic imine (C=N–C) groups is 1. The van der Waals surface area contributed by atoms with Crippen molar-refractivity contribution in [2.75, 3.05) is 31.7 Å². The van der Waals surface area contributed by atoms with Crippen molar-refractivity contribution in [1.29, 1.82) is 10.5 Å². The minimum Gasteiger partial charge on any atom is -0.464 e. The van der Waals surface area contributed by atoms with Crippen molar-refractivity contribution < 1.29 is 38.5 Å². The summed E-state index contributed by atoms with van der Waals surface area (Å²) in [5, 5.41) is 27.7. The van der Waals surface area contributed by atoms with Gasteiger partial charge in [-0.3, -0.25) is 5.32 Å². The average molecular weight is 496 g/mol. The monoisotopic (exact) mass is 496 g/mol. The molecule has 0 spiro atoms. The van der Waals surface area contributed by atoms with E-state index in [1.807, 2.05) is 12.1 Å². The van der Waals surface area contributed by atoms with Crippen LogP contribution in [0.2, 0.25) is 0 Å². The summed E-state index contributed by atoms with van der Waals surface area (Å²) in [5.41, 5.74) is 1.39. The number of esters is 2. The molecule has 0 fully saturated rings. The zero-order chi connectivity index (χ0) is 27.2. The highest BCUT2D eigenvalue weighted by Crippen LogP contribution is 2.16. The van der Waals surface area contributed by atoms with Gasteiger partial charge in [-0.2, -0.15) is 15.5 Å². The van der Waals surface area contributed by atoms with Crippen LogP contribution in [0, 0.1) is 22.7 Å². The van der Waals surface area contributed by atoms with E-state index in [0.717, 1.165) is 0 Å². The molecule has 2 N–H and O–H groups in total. The number of aliphatic hydroxyl groups excluding tert-OH is 1. The van der Waals surface area contributed by atoms with Crippen LogP contribution in [0.25, 0.3) is 0 Å². The smallest absolute Gasteiger partial charge is 0.412 e. The summed E-state index contributed by atoms with van der Waals surface area (Å²) in [6.45, 7) is 2.91. The molecule has 0 aliphatic rings. The second kappa shape index (κ2) is 19.4. The van der Waals surface area contributed by atoms with Crippen LogP contribution in [0.1, 0.15) is 25.0 Å². The Morgan fingerprint density at radius 3 is 1.97 bits per heavy atom. The van der Waals surface area contributed by atoms with Gasteiger partial charge in [0, 0.05) is 0 Å². The minimum atomic E-state index is -0.814. The van der Waals surface area contributed by atoms with Crippen molar-refractivity contribution in [2.24, 2.45) is 4.99 Å². The molecule has 0 unspecified atom stereocenters. The minimum absolute atomic E-state index is 0.223. The lowest BCUT2D eigenvalue weighted by Crippen LogP contribution is -2.20. The van der Waals surface area contributed by atoms with E-state index in [1.54, 1.807) is 62.4 Å². The van der Waals surface area contributed by atoms with Gasteiger partial charge in [-0.15, -0.1) is 0 Å². The van der Waals surface area contributed by atoms with Crippen LogP contribution in [0.4, 0.5) is 16.2 Å². The Labute approximate surface area is 207 Å². The lowest BCUT2D eigenvalue weighted by molar-refractivity contribution is -0.147. The highest BCUT2D eigenvalue weighted by Gasteiger charge is 2.10. The number of ether oxygens (including phenoxy) is 3. The number of anilines is 1. The van der Waals surface area contributed by atoms with Crippen molar-refractivity contribution in [3.05, 3.63) is 59.7 Å². The molecular weight excluding hydrogens is 472 g/mol. The molecule has 0 radical (unpaired) electrons. The number of rotatable bonds is 7. The number of hydrogen-bond acceptors (Lipinski definition) is 11. The van der Waals surface area contributed by atoms with E-state index < -0.39 is 31.2 Å². The third kappa shape index (κ3) is 13.5. The third-order valence-electron chi connectivity index (χ3n) is 3.54. The van der Waals surface area contributed by atoms with Crippen LogP contribution in [0.15, 0.2) is 53.5 Å². The third-order valence-corrected chi connectivity index (χ3v) is 3.54. The molecular formula is C24H24N4O8. The lowest BCUT2D eigenvalue weighted by atomic mass is 10.2. The first-order chi connectivity index (χ1) is 17.4. The highest BCUT2D eigenvalue weighted by molar-refractivity contribution is 5.87. The second-order valence-corrected chi connectivity index (χ2v) is 5.96. The lowest BCUT2D eigenvalue weighted by Gasteiger charge is -2.07. The van der Waals surface area contributed by atoms with E-state index in [0.29, 0.717) is 29.1 Å². The number of carbonyl (C=O) groups is 3. The summed E-state index contributed by atoms with van der Waals surface area (Å²) < 4.78 is 13.5. The van der Waals surface area contributed by atoms with Gasteiger partial charge in [0.15, 0.2) is 6.61 Å². The van der Waals surface area contributed by atoms with Crippen LogP contribution in [-0.4, -0.2) is 55.6 Å². The summed E-state index contributed by atoms with van der Waals surface area (Å²) in [4.78, 5) is 45.4. The van der Waals surface area contributed by atoms with Gasteiger partial charge in [-0.25, -0.2) is 19.2 Å².